The molecule has 1 fully saturated rings. The molecule has 0 saturated carbocycles. The number of nitrogens with zero attached hydrogens (tertiary/aromatic N) is 1. The summed E-state index contributed by atoms with van der Waals surface area (Å²) in [6.45, 7) is 4.85. The van der Waals surface area contributed by atoms with E-state index < -0.39 is 0 Å². The van der Waals surface area contributed by atoms with Crippen molar-refractivity contribution in [1.29, 1.82) is 0 Å². The Labute approximate surface area is 63.8 Å². The van der Waals surface area contributed by atoms with Crippen LogP contribution in [0.25, 0.3) is 0 Å². The van der Waals surface area contributed by atoms with Gasteiger partial charge in [0.15, 0.2) is 0 Å². The van der Waals surface area contributed by atoms with Gasteiger partial charge in [-0.1, -0.05) is 6.92 Å². The number of hydrogen-bond donors (Lipinski definition) is 0. The Morgan fingerprint density at radius 3 is 2.50 bits per heavy atom. The van der Waals surface area contributed by atoms with Gasteiger partial charge in [-0.15, -0.1) is 0 Å². The van der Waals surface area contributed by atoms with Crippen molar-refractivity contribution in [1.82, 2.24) is 0 Å². The molecule has 10 heavy (non-hydrogen) atoms. The minimum Gasteiger partial charge on any atom is -0.240 e. The summed E-state index contributed by atoms with van der Waals surface area (Å²) < 4.78 is 2.48. The maximum atomic E-state index is 2.48. The van der Waals surface area contributed by atoms with Gasteiger partial charge in [0, 0.05) is 19.3 Å². The molecule has 1 heterocycles. The number of piperidine rings is 1. The van der Waals surface area contributed by atoms with Crippen molar-refractivity contribution >= 4 is 6.21 Å². The Morgan fingerprint density at radius 2 is 1.90 bits per heavy atom. The number of rotatable bonds is 2. The van der Waals surface area contributed by atoms with Crippen molar-refractivity contribution in [2.75, 3.05) is 13.1 Å². The predicted octanol–water partition coefficient (Wildman–Crippen LogP) is 2.05. The zero-order chi connectivity index (χ0) is 7.23. The molecule has 0 bridgehead atoms. The molecule has 1 aliphatic rings. The van der Waals surface area contributed by atoms with E-state index in [1.807, 2.05) is 0 Å². The molecular weight excluding hydrogens is 122 g/mol. The van der Waals surface area contributed by atoms with Crippen LogP contribution in [0.3, 0.4) is 0 Å². The van der Waals surface area contributed by atoms with Gasteiger partial charge in [0.25, 0.3) is 0 Å². The normalized spacial score (nSPS) is 19.1. The van der Waals surface area contributed by atoms with Crippen LogP contribution in [0.2, 0.25) is 0 Å². The summed E-state index contributed by atoms with van der Waals surface area (Å²) in [7, 11) is 0. The highest BCUT2D eigenvalue weighted by Gasteiger charge is 2.08. The summed E-state index contributed by atoms with van der Waals surface area (Å²) in [5.74, 6) is 0. The standard InChI is InChI=1S/C9H18N/c1-2-3-7-10-8-5-4-6-9-10/h7H,2-6,8-9H2,1H3/q+1. The first-order valence-corrected chi connectivity index (χ1v) is 4.51. The van der Waals surface area contributed by atoms with Crippen molar-refractivity contribution < 1.29 is 4.58 Å². The highest BCUT2D eigenvalue weighted by molar-refractivity contribution is 5.50. The minimum atomic E-state index is 1.26. The molecule has 0 amide bonds. The molecule has 1 saturated heterocycles. The molecule has 1 nitrogen and oxygen atoms in total. The lowest BCUT2D eigenvalue weighted by Crippen LogP contribution is -2.20. The summed E-state index contributed by atoms with van der Waals surface area (Å²) in [6.07, 6.45) is 9.17. The number of unbranched alkanes of at least 4 members (excludes halogenated alkanes) is 1. The molecule has 0 aromatic heterocycles. The second-order valence-corrected chi connectivity index (χ2v) is 3.07. The molecule has 1 rings (SSSR count). The largest absolute Gasteiger partial charge is 0.240 e. The van der Waals surface area contributed by atoms with Crippen molar-refractivity contribution in [2.24, 2.45) is 0 Å². The lowest BCUT2D eigenvalue weighted by Gasteiger charge is -2.08. The second-order valence-electron chi connectivity index (χ2n) is 3.07. The van der Waals surface area contributed by atoms with Gasteiger partial charge in [-0.05, 0) is 12.8 Å². The molecule has 58 valence electrons. The van der Waals surface area contributed by atoms with Crippen molar-refractivity contribution in [3.05, 3.63) is 0 Å². The van der Waals surface area contributed by atoms with Gasteiger partial charge >= 0.3 is 0 Å². The molecule has 0 atom stereocenters. The molecule has 0 radical (unpaired) electrons. The molecular formula is C9H18N+. The van der Waals surface area contributed by atoms with E-state index in [2.05, 4.69) is 17.7 Å². The van der Waals surface area contributed by atoms with E-state index in [0.717, 1.165) is 0 Å². The van der Waals surface area contributed by atoms with Gasteiger partial charge < -0.3 is 0 Å². The van der Waals surface area contributed by atoms with Crippen molar-refractivity contribution in [2.45, 2.75) is 39.0 Å². The zero-order valence-corrected chi connectivity index (χ0v) is 6.97. The first kappa shape index (κ1) is 7.77. The van der Waals surface area contributed by atoms with E-state index in [1.165, 1.54) is 45.2 Å². The fourth-order valence-corrected chi connectivity index (χ4v) is 1.41. The van der Waals surface area contributed by atoms with Crippen molar-refractivity contribution in [3.8, 4) is 0 Å². The van der Waals surface area contributed by atoms with Gasteiger partial charge in [-0.3, -0.25) is 0 Å². The molecule has 0 N–H and O–H groups in total. The van der Waals surface area contributed by atoms with E-state index in [9.17, 15) is 0 Å². The molecule has 0 spiro atoms. The average molecular weight is 140 g/mol. The Bertz CT molecular complexity index is 108. The van der Waals surface area contributed by atoms with E-state index in [4.69, 9.17) is 0 Å². The highest BCUT2D eigenvalue weighted by atomic mass is 15.0. The van der Waals surface area contributed by atoms with Crippen LogP contribution >= 0.6 is 0 Å². The lowest BCUT2D eigenvalue weighted by molar-refractivity contribution is -0.533. The smallest absolute Gasteiger partial charge is 0.142 e. The summed E-state index contributed by atoms with van der Waals surface area (Å²) in [4.78, 5) is 0. The summed E-state index contributed by atoms with van der Waals surface area (Å²) in [6, 6.07) is 0. The zero-order valence-electron chi connectivity index (χ0n) is 6.97. The van der Waals surface area contributed by atoms with Gasteiger partial charge in [0.2, 0.25) is 0 Å². The fraction of sp³-hybridized carbons (Fsp3) is 0.889. The third kappa shape index (κ3) is 2.51. The SMILES string of the molecule is CCCC=[N+]1CCCCC1. The van der Waals surface area contributed by atoms with Crippen LogP contribution in [0.15, 0.2) is 0 Å². The Morgan fingerprint density at radius 1 is 1.20 bits per heavy atom. The van der Waals surface area contributed by atoms with E-state index >= 15 is 0 Å². The summed E-state index contributed by atoms with van der Waals surface area (Å²) in [5.41, 5.74) is 0. The Kier molecular flexibility index (Phi) is 3.48. The average Bonchev–Trinajstić information content (AvgIpc) is 2.03. The van der Waals surface area contributed by atoms with Gasteiger partial charge in [-0.2, -0.15) is 0 Å². The highest BCUT2D eigenvalue weighted by Crippen LogP contribution is 2.03. The van der Waals surface area contributed by atoms with Crippen LogP contribution in [-0.2, 0) is 0 Å². The second kappa shape index (κ2) is 4.48. The third-order valence-corrected chi connectivity index (χ3v) is 2.07. The van der Waals surface area contributed by atoms with Crippen molar-refractivity contribution in [3.63, 3.8) is 0 Å². The summed E-state index contributed by atoms with van der Waals surface area (Å²) >= 11 is 0. The minimum absolute atomic E-state index is 1.26. The number of hydrogen-bond acceptors (Lipinski definition) is 0. The molecule has 0 aromatic rings. The van der Waals surface area contributed by atoms with E-state index in [-0.39, 0.29) is 0 Å². The Balaban J connectivity index is 2.23. The third-order valence-electron chi connectivity index (χ3n) is 2.07. The maximum Gasteiger partial charge on any atom is 0.142 e. The quantitative estimate of drug-likeness (QED) is 0.516. The summed E-state index contributed by atoms with van der Waals surface area (Å²) in [5, 5.41) is 0. The molecule has 0 unspecified atom stereocenters. The van der Waals surface area contributed by atoms with Crippen LogP contribution in [0.1, 0.15) is 39.0 Å². The van der Waals surface area contributed by atoms with Gasteiger partial charge in [-0.25, -0.2) is 4.58 Å². The van der Waals surface area contributed by atoms with Gasteiger partial charge in [0.1, 0.15) is 19.3 Å². The molecule has 0 aromatic carbocycles. The van der Waals surface area contributed by atoms with Crippen LogP contribution in [-0.4, -0.2) is 23.9 Å². The fourth-order valence-electron chi connectivity index (χ4n) is 1.41. The first-order valence-electron chi connectivity index (χ1n) is 4.51. The van der Waals surface area contributed by atoms with Gasteiger partial charge in [0.05, 0.1) is 0 Å². The molecule has 1 aliphatic heterocycles. The molecule has 0 aliphatic carbocycles. The van der Waals surface area contributed by atoms with Crippen LogP contribution < -0.4 is 0 Å². The van der Waals surface area contributed by atoms with Crippen LogP contribution in [0.5, 0.6) is 0 Å². The lowest BCUT2D eigenvalue weighted by atomic mass is 10.1. The molecule has 1 heteroatoms. The topological polar surface area (TPSA) is 3.01 Å². The van der Waals surface area contributed by atoms with E-state index in [1.54, 1.807) is 0 Å². The van der Waals surface area contributed by atoms with Crippen LogP contribution in [0.4, 0.5) is 0 Å². The van der Waals surface area contributed by atoms with E-state index in [0.29, 0.717) is 0 Å². The predicted molar refractivity (Wildman–Crippen MR) is 44.8 cm³/mol. The monoisotopic (exact) mass is 140 g/mol. The maximum absolute atomic E-state index is 2.48. The first-order chi connectivity index (χ1) is 4.93. The van der Waals surface area contributed by atoms with Crippen LogP contribution in [0, 0.1) is 0 Å². The Hall–Kier alpha value is -0.330.